The van der Waals surface area contributed by atoms with Gasteiger partial charge in [0.2, 0.25) is 11.9 Å². The molecule has 0 radical (unpaired) electrons. The lowest BCUT2D eigenvalue weighted by Crippen LogP contribution is -2.58. The van der Waals surface area contributed by atoms with E-state index in [4.69, 9.17) is 15.7 Å². The highest BCUT2D eigenvalue weighted by molar-refractivity contribution is 7.87. The van der Waals surface area contributed by atoms with Crippen LogP contribution in [-0.4, -0.2) is 39.0 Å². The molecule has 0 unspecified atom stereocenters. The molecule has 0 bridgehead atoms. The summed E-state index contributed by atoms with van der Waals surface area (Å²) in [7, 11) is -8.89. The fourth-order valence-electron chi connectivity index (χ4n) is 4.13. The third-order valence-corrected chi connectivity index (χ3v) is 7.65. The SMILES string of the molecule is NC1=NC2(CCCCC2)N(c2cc(S(=O)(=O)O)ccc2OS(=O)(=O)c2ccccc2)C(N)=N1. The van der Waals surface area contributed by atoms with Crippen LogP contribution < -0.4 is 20.6 Å². The Morgan fingerprint density at radius 1 is 0.939 bits per heavy atom. The summed E-state index contributed by atoms with van der Waals surface area (Å²) >= 11 is 0. The number of benzene rings is 2. The molecule has 4 rings (SSSR count). The fourth-order valence-corrected chi connectivity index (χ4v) is 5.59. The van der Waals surface area contributed by atoms with Crippen LogP contribution in [-0.2, 0) is 20.2 Å². The van der Waals surface area contributed by atoms with E-state index >= 15 is 0 Å². The molecule has 1 fully saturated rings. The summed E-state index contributed by atoms with van der Waals surface area (Å²) in [6.07, 6.45) is 3.57. The quantitative estimate of drug-likeness (QED) is 0.414. The Labute approximate surface area is 191 Å². The average molecular weight is 494 g/mol. The van der Waals surface area contributed by atoms with Crippen LogP contribution >= 0.6 is 0 Å². The first-order chi connectivity index (χ1) is 15.5. The van der Waals surface area contributed by atoms with Gasteiger partial charge in [0.25, 0.3) is 10.1 Å². The minimum absolute atomic E-state index is 0.0240. The maximum Gasteiger partial charge on any atom is 0.339 e. The van der Waals surface area contributed by atoms with Crippen LogP contribution in [0.5, 0.6) is 5.75 Å². The molecule has 1 saturated carbocycles. The summed E-state index contributed by atoms with van der Waals surface area (Å²) in [6, 6.07) is 10.7. The van der Waals surface area contributed by atoms with Crippen molar-refractivity contribution in [1.29, 1.82) is 0 Å². The van der Waals surface area contributed by atoms with Crippen molar-refractivity contribution in [1.82, 2.24) is 0 Å². The molecule has 1 aliphatic heterocycles. The monoisotopic (exact) mass is 493 g/mol. The normalized spacial score (nSPS) is 18.5. The second-order valence-corrected chi connectivity index (χ2v) is 10.7. The number of nitrogens with zero attached hydrogens (tertiary/aromatic N) is 3. The van der Waals surface area contributed by atoms with Crippen LogP contribution in [0.1, 0.15) is 32.1 Å². The van der Waals surface area contributed by atoms with Crippen molar-refractivity contribution in [2.75, 3.05) is 4.90 Å². The standard InChI is InChI=1S/C20H23N5O6S2/c21-18-23-19(22)25(20(24-18)11-5-2-6-12-20)16-13-15(32(26,27)28)9-10-17(16)31-33(29,30)14-7-3-1-4-8-14/h1,3-4,7-10,13H,2,5-6,11-12H2,(H,26,27,28)(H4,21,22,23,24). The summed E-state index contributed by atoms with van der Waals surface area (Å²) in [5.74, 6) is -0.333. The molecular formula is C20H23N5O6S2. The topological polar surface area (TPSA) is 178 Å². The molecule has 0 atom stereocenters. The highest BCUT2D eigenvalue weighted by Crippen LogP contribution is 2.44. The van der Waals surface area contributed by atoms with Gasteiger partial charge in [0.1, 0.15) is 10.6 Å². The molecule has 11 nitrogen and oxygen atoms in total. The Morgan fingerprint density at radius 3 is 2.24 bits per heavy atom. The van der Waals surface area contributed by atoms with Crippen molar-refractivity contribution in [2.45, 2.75) is 47.6 Å². The third-order valence-electron chi connectivity index (χ3n) is 5.55. The molecule has 0 aromatic heterocycles. The van der Waals surface area contributed by atoms with Crippen LogP contribution in [0.4, 0.5) is 5.69 Å². The molecule has 176 valence electrons. The van der Waals surface area contributed by atoms with E-state index < -0.39 is 30.8 Å². The number of anilines is 1. The van der Waals surface area contributed by atoms with E-state index in [1.807, 2.05) is 0 Å². The number of aliphatic imine (C=N–C) groups is 2. The van der Waals surface area contributed by atoms with E-state index in [1.54, 1.807) is 18.2 Å². The van der Waals surface area contributed by atoms with Gasteiger partial charge >= 0.3 is 10.1 Å². The van der Waals surface area contributed by atoms with E-state index in [0.29, 0.717) is 12.8 Å². The van der Waals surface area contributed by atoms with Gasteiger partial charge in [-0.15, -0.1) is 0 Å². The lowest BCUT2D eigenvalue weighted by molar-refractivity contribution is 0.304. The van der Waals surface area contributed by atoms with Gasteiger partial charge in [0.15, 0.2) is 5.75 Å². The minimum Gasteiger partial charge on any atom is -0.377 e. The zero-order chi connectivity index (χ0) is 23.9. The summed E-state index contributed by atoms with van der Waals surface area (Å²) in [5.41, 5.74) is 11.1. The first-order valence-electron chi connectivity index (χ1n) is 10.1. The van der Waals surface area contributed by atoms with Gasteiger partial charge in [-0.05, 0) is 56.0 Å². The van der Waals surface area contributed by atoms with Crippen molar-refractivity contribution < 1.29 is 25.6 Å². The molecule has 5 N–H and O–H groups in total. The Bertz CT molecular complexity index is 1330. The zero-order valence-electron chi connectivity index (χ0n) is 17.5. The van der Waals surface area contributed by atoms with E-state index in [1.165, 1.54) is 17.0 Å². The van der Waals surface area contributed by atoms with E-state index in [0.717, 1.165) is 37.5 Å². The van der Waals surface area contributed by atoms with Gasteiger partial charge in [-0.25, -0.2) is 4.99 Å². The number of nitrogens with two attached hydrogens (primary N) is 2. The van der Waals surface area contributed by atoms with E-state index in [-0.39, 0.29) is 28.3 Å². The van der Waals surface area contributed by atoms with Gasteiger partial charge < -0.3 is 15.7 Å². The van der Waals surface area contributed by atoms with Crippen molar-refractivity contribution in [3.8, 4) is 5.75 Å². The molecule has 2 aromatic carbocycles. The molecule has 1 aliphatic carbocycles. The van der Waals surface area contributed by atoms with Crippen molar-refractivity contribution in [3.05, 3.63) is 48.5 Å². The molecule has 33 heavy (non-hydrogen) atoms. The Kier molecular flexibility index (Phi) is 5.80. The summed E-state index contributed by atoms with van der Waals surface area (Å²) < 4.78 is 64.5. The largest absolute Gasteiger partial charge is 0.377 e. The van der Waals surface area contributed by atoms with E-state index in [2.05, 4.69) is 9.98 Å². The van der Waals surface area contributed by atoms with Crippen LogP contribution in [0.3, 0.4) is 0 Å². The van der Waals surface area contributed by atoms with Crippen LogP contribution in [0.15, 0.2) is 68.3 Å². The maximum absolute atomic E-state index is 12.9. The molecule has 13 heteroatoms. The molecule has 0 saturated heterocycles. The molecule has 0 amide bonds. The molecule has 2 aromatic rings. The number of rotatable bonds is 5. The van der Waals surface area contributed by atoms with Gasteiger partial charge in [-0.1, -0.05) is 24.6 Å². The zero-order valence-corrected chi connectivity index (χ0v) is 19.1. The van der Waals surface area contributed by atoms with Crippen molar-refractivity contribution >= 4 is 37.8 Å². The smallest absolute Gasteiger partial charge is 0.339 e. The van der Waals surface area contributed by atoms with E-state index in [9.17, 15) is 21.4 Å². The lowest BCUT2D eigenvalue weighted by Gasteiger charge is -2.45. The summed E-state index contributed by atoms with van der Waals surface area (Å²) in [5, 5.41) is 0. The predicted octanol–water partition coefficient (Wildman–Crippen LogP) is 1.81. The van der Waals surface area contributed by atoms with Crippen molar-refractivity contribution in [2.24, 2.45) is 21.5 Å². The molecule has 1 spiro atoms. The lowest BCUT2D eigenvalue weighted by atomic mass is 9.87. The second-order valence-electron chi connectivity index (χ2n) is 7.77. The number of hydrogen-bond acceptors (Lipinski definition) is 10. The van der Waals surface area contributed by atoms with Gasteiger partial charge in [-0.3, -0.25) is 9.45 Å². The van der Waals surface area contributed by atoms with Crippen LogP contribution in [0, 0.1) is 0 Å². The number of guanidine groups is 2. The van der Waals surface area contributed by atoms with Crippen molar-refractivity contribution in [3.63, 3.8) is 0 Å². The van der Waals surface area contributed by atoms with Gasteiger partial charge in [0, 0.05) is 0 Å². The van der Waals surface area contributed by atoms with Crippen LogP contribution in [0.2, 0.25) is 0 Å². The molecule has 1 heterocycles. The second kappa shape index (κ2) is 8.32. The molecule has 2 aliphatic rings. The Balaban J connectivity index is 1.89. The molecular weight excluding hydrogens is 470 g/mol. The predicted molar refractivity (Wildman–Crippen MR) is 122 cm³/mol. The first-order valence-corrected chi connectivity index (χ1v) is 13.0. The summed E-state index contributed by atoms with van der Waals surface area (Å²) in [4.78, 5) is 9.39. The third kappa shape index (κ3) is 4.51. The highest BCUT2D eigenvalue weighted by Gasteiger charge is 2.44. The van der Waals surface area contributed by atoms with Gasteiger partial charge in [-0.2, -0.15) is 21.8 Å². The Morgan fingerprint density at radius 2 is 1.61 bits per heavy atom. The minimum atomic E-state index is -4.62. The first kappa shape index (κ1) is 23.0. The summed E-state index contributed by atoms with van der Waals surface area (Å²) in [6.45, 7) is 0. The fraction of sp³-hybridized carbons (Fsp3) is 0.300. The maximum atomic E-state index is 12.9. The Hall–Kier alpha value is -3.16. The average Bonchev–Trinajstić information content (AvgIpc) is 2.74. The van der Waals surface area contributed by atoms with Gasteiger partial charge in [0.05, 0.1) is 10.6 Å². The number of hydrogen-bond donors (Lipinski definition) is 3. The highest BCUT2D eigenvalue weighted by atomic mass is 32.2. The van der Waals surface area contributed by atoms with Crippen LogP contribution in [0.25, 0.3) is 0 Å².